The molecule has 0 saturated carbocycles. The summed E-state index contributed by atoms with van der Waals surface area (Å²) in [6.45, 7) is 5.83. The average Bonchev–Trinajstić information content (AvgIpc) is 2.54. The molecule has 0 aromatic rings. The van der Waals surface area contributed by atoms with E-state index in [0.717, 1.165) is 12.8 Å². The van der Waals surface area contributed by atoms with E-state index >= 15 is 0 Å². The maximum Gasteiger partial charge on any atom is 0.303 e. The SMILES string of the molecule is CCCCN=C(NO)[C@@H]1OC[C@@H](OC(C)=O)[C@H](OC(C)=O)[C@H]1OC(C)=O. The number of hydroxylamine groups is 1. The average molecular weight is 374 g/mol. The fourth-order valence-corrected chi connectivity index (χ4v) is 2.52. The molecule has 0 aromatic carbocycles. The minimum Gasteiger partial charge on any atom is -0.456 e. The van der Waals surface area contributed by atoms with Crippen LogP contribution in [0.4, 0.5) is 0 Å². The van der Waals surface area contributed by atoms with Gasteiger partial charge in [0, 0.05) is 27.3 Å². The Hall–Kier alpha value is -2.20. The highest BCUT2D eigenvalue weighted by Crippen LogP contribution is 2.25. The van der Waals surface area contributed by atoms with E-state index in [0.29, 0.717) is 6.54 Å². The first-order valence-corrected chi connectivity index (χ1v) is 8.37. The summed E-state index contributed by atoms with van der Waals surface area (Å²) in [6, 6.07) is 0. The number of unbranched alkanes of at least 4 members (excludes halogenated alkanes) is 1. The summed E-state index contributed by atoms with van der Waals surface area (Å²) >= 11 is 0. The van der Waals surface area contributed by atoms with Crippen molar-refractivity contribution in [3.05, 3.63) is 0 Å². The second kappa shape index (κ2) is 10.7. The van der Waals surface area contributed by atoms with Crippen LogP contribution >= 0.6 is 0 Å². The van der Waals surface area contributed by atoms with Gasteiger partial charge in [-0.3, -0.25) is 30.1 Å². The van der Waals surface area contributed by atoms with E-state index in [2.05, 4.69) is 4.99 Å². The first-order valence-electron chi connectivity index (χ1n) is 8.37. The van der Waals surface area contributed by atoms with Crippen LogP contribution in [0.5, 0.6) is 0 Å². The van der Waals surface area contributed by atoms with Crippen LogP contribution in [0.25, 0.3) is 0 Å². The number of nitrogens with one attached hydrogen (secondary N) is 1. The molecule has 10 nitrogen and oxygen atoms in total. The molecular weight excluding hydrogens is 348 g/mol. The number of carbonyl (C=O) groups excluding carboxylic acids is 3. The van der Waals surface area contributed by atoms with Gasteiger partial charge in [-0.2, -0.15) is 0 Å². The zero-order chi connectivity index (χ0) is 19.7. The molecule has 10 heteroatoms. The van der Waals surface area contributed by atoms with Gasteiger partial charge in [-0.15, -0.1) is 0 Å². The predicted octanol–water partition coefficient (Wildman–Crippen LogP) is 0.358. The number of carbonyl (C=O) groups is 3. The lowest BCUT2D eigenvalue weighted by Gasteiger charge is -2.40. The van der Waals surface area contributed by atoms with Gasteiger partial charge < -0.3 is 18.9 Å². The van der Waals surface area contributed by atoms with E-state index in [-0.39, 0.29) is 12.4 Å². The molecule has 1 aliphatic heterocycles. The number of ether oxygens (including phenoxy) is 4. The highest BCUT2D eigenvalue weighted by atomic mass is 16.6. The van der Waals surface area contributed by atoms with Crippen molar-refractivity contribution in [3.8, 4) is 0 Å². The van der Waals surface area contributed by atoms with Gasteiger partial charge >= 0.3 is 17.9 Å². The van der Waals surface area contributed by atoms with Crippen LogP contribution in [-0.2, 0) is 33.3 Å². The van der Waals surface area contributed by atoms with Crippen molar-refractivity contribution in [3.63, 3.8) is 0 Å². The Morgan fingerprint density at radius 1 is 1.08 bits per heavy atom. The molecule has 1 rings (SSSR count). The molecule has 0 aromatic heterocycles. The summed E-state index contributed by atoms with van der Waals surface area (Å²) in [5.41, 5.74) is 1.95. The fourth-order valence-electron chi connectivity index (χ4n) is 2.52. The molecule has 148 valence electrons. The van der Waals surface area contributed by atoms with Crippen LogP contribution in [0.3, 0.4) is 0 Å². The Balaban J connectivity index is 3.16. The number of esters is 3. The van der Waals surface area contributed by atoms with E-state index < -0.39 is 42.3 Å². The quantitative estimate of drug-likeness (QED) is 0.162. The van der Waals surface area contributed by atoms with Gasteiger partial charge in [-0.1, -0.05) is 13.3 Å². The molecule has 1 aliphatic rings. The van der Waals surface area contributed by atoms with Crippen molar-refractivity contribution in [2.45, 2.75) is 65.0 Å². The van der Waals surface area contributed by atoms with E-state index in [1.165, 1.54) is 20.8 Å². The minimum atomic E-state index is -1.16. The van der Waals surface area contributed by atoms with Gasteiger partial charge in [0.25, 0.3) is 0 Å². The van der Waals surface area contributed by atoms with E-state index in [1.807, 2.05) is 12.4 Å². The van der Waals surface area contributed by atoms with Crippen LogP contribution < -0.4 is 5.48 Å². The lowest BCUT2D eigenvalue weighted by atomic mass is 9.98. The number of aliphatic imine (C=N–C) groups is 1. The van der Waals surface area contributed by atoms with Crippen molar-refractivity contribution in [1.82, 2.24) is 5.48 Å². The molecule has 26 heavy (non-hydrogen) atoms. The lowest BCUT2D eigenvalue weighted by Crippen LogP contribution is -2.61. The van der Waals surface area contributed by atoms with Gasteiger partial charge in [0.05, 0.1) is 6.61 Å². The van der Waals surface area contributed by atoms with Crippen molar-refractivity contribution >= 4 is 23.7 Å². The third kappa shape index (κ3) is 6.60. The summed E-state index contributed by atoms with van der Waals surface area (Å²) in [5.74, 6) is -1.88. The molecule has 2 N–H and O–H groups in total. The molecule has 1 saturated heterocycles. The normalized spacial score (nSPS) is 26.0. The first-order chi connectivity index (χ1) is 12.3. The summed E-state index contributed by atoms with van der Waals surface area (Å²) < 4.78 is 21.2. The maximum atomic E-state index is 11.5. The van der Waals surface area contributed by atoms with Crippen LogP contribution in [0.15, 0.2) is 4.99 Å². The van der Waals surface area contributed by atoms with Crippen LogP contribution in [0, 0.1) is 0 Å². The Morgan fingerprint density at radius 2 is 1.65 bits per heavy atom. The summed E-state index contributed by atoms with van der Waals surface area (Å²) in [6.07, 6.45) is -2.58. The Bertz CT molecular complexity index is 536. The summed E-state index contributed by atoms with van der Waals surface area (Å²) in [5, 5.41) is 9.41. The molecule has 0 unspecified atom stereocenters. The molecular formula is C16H26N2O8. The maximum absolute atomic E-state index is 11.5. The monoisotopic (exact) mass is 374 g/mol. The van der Waals surface area contributed by atoms with Crippen LogP contribution in [-0.4, -0.2) is 66.5 Å². The van der Waals surface area contributed by atoms with Crippen LogP contribution in [0.1, 0.15) is 40.5 Å². The lowest BCUT2D eigenvalue weighted by molar-refractivity contribution is -0.217. The molecule has 0 radical (unpaired) electrons. The van der Waals surface area contributed by atoms with Gasteiger partial charge in [0.1, 0.15) is 0 Å². The van der Waals surface area contributed by atoms with E-state index in [4.69, 9.17) is 18.9 Å². The second-order valence-corrected chi connectivity index (χ2v) is 5.78. The molecule has 4 atom stereocenters. The molecule has 1 heterocycles. The zero-order valence-corrected chi connectivity index (χ0v) is 15.4. The number of hydrogen-bond acceptors (Lipinski definition) is 9. The minimum absolute atomic E-state index is 0.0307. The summed E-state index contributed by atoms with van der Waals surface area (Å²) in [7, 11) is 0. The van der Waals surface area contributed by atoms with Gasteiger partial charge in [0.15, 0.2) is 30.3 Å². The zero-order valence-electron chi connectivity index (χ0n) is 15.4. The van der Waals surface area contributed by atoms with Crippen molar-refractivity contribution in [2.75, 3.05) is 13.2 Å². The molecule has 0 bridgehead atoms. The highest BCUT2D eigenvalue weighted by Gasteiger charge is 2.48. The second-order valence-electron chi connectivity index (χ2n) is 5.78. The Morgan fingerprint density at radius 3 is 2.15 bits per heavy atom. The highest BCUT2D eigenvalue weighted by molar-refractivity contribution is 5.87. The van der Waals surface area contributed by atoms with E-state index in [9.17, 15) is 19.6 Å². The largest absolute Gasteiger partial charge is 0.456 e. The number of hydrogen-bond donors (Lipinski definition) is 2. The number of nitrogens with zero attached hydrogens (tertiary/aromatic N) is 1. The Labute approximate surface area is 151 Å². The molecule has 1 fully saturated rings. The third-order valence-corrected chi connectivity index (χ3v) is 3.53. The summed E-state index contributed by atoms with van der Waals surface area (Å²) in [4.78, 5) is 38.6. The van der Waals surface area contributed by atoms with E-state index in [1.54, 1.807) is 0 Å². The van der Waals surface area contributed by atoms with Crippen molar-refractivity contribution in [2.24, 2.45) is 4.99 Å². The van der Waals surface area contributed by atoms with Gasteiger partial charge in [-0.05, 0) is 6.42 Å². The van der Waals surface area contributed by atoms with Crippen LogP contribution in [0.2, 0.25) is 0 Å². The first kappa shape index (κ1) is 21.8. The molecule has 0 amide bonds. The molecule has 0 aliphatic carbocycles. The standard InChI is InChI=1S/C16H26N2O8/c1-5-6-7-17-16(18-22)15-14(26-11(4)21)13(25-10(3)20)12(8-23-15)24-9(2)19/h12-15,22H,5-8H2,1-4H3,(H,17,18)/t12-,13+,14-,15-/m1/s1. The van der Waals surface area contributed by atoms with Crippen molar-refractivity contribution in [1.29, 1.82) is 0 Å². The smallest absolute Gasteiger partial charge is 0.303 e. The van der Waals surface area contributed by atoms with Gasteiger partial charge in [-0.25, -0.2) is 0 Å². The Kier molecular flexibility index (Phi) is 9.00. The number of rotatable bonds is 7. The predicted molar refractivity (Wildman–Crippen MR) is 88.5 cm³/mol. The third-order valence-electron chi connectivity index (χ3n) is 3.53. The fraction of sp³-hybridized carbons (Fsp3) is 0.750. The number of amidine groups is 1. The van der Waals surface area contributed by atoms with Gasteiger partial charge in [0.2, 0.25) is 0 Å². The molecule has 0 spiro atoms. The van der Waals surface area contributed by atoms with Crippen molar-refractivity contribution < 1.29 is 38.5 Å². The topological polar surface area (TPSA) is 133 Å².